The molecule has 4 bridgehead atoms. The van der Waals surface area contributed by atoms with Crippen molar-refractivity contribution in [2.24, 2.45) is 0 Å². The van der Waals surface area contributed by atoms with Crippen molar-refractivity contribution in [1.29, 1.82) is 0 Å². The lowest BCUT2D eigenvalue weighted by Crippen LogP contribution is -2.09. The van der Waals surface area contributed by atoms with Crippen molar-refractivity contribution < 1.29 is 9.59 Å². The van der Waals surface area contributed by atoms with Crippen molar-refractivity contribution in [3.8, 4) is 0 Å². The van der Waals surface area contributed by atoms with Crippen LogP contribution in [0.15, 0.2) is 44.6 Å². The van der Waals surface area contributed by atoms with Crippen LogP contribution in [0.2, 0.25) is 0 Å². The fourth-order valence-electron chi connectivity index (χ4n) is 5.67. The number of carbonyl (C=O) groups is 2. The summed E-state index contributed by atoms with van der Waals surface area (Å²) in [6, 6.07) is 0. The van der Waals surface area contributed by atoms with Crippen LogP contribution in [-0.2, 0) is 9.59 Å². The molecule has 1 fully saturated rings. The van der Waals surface area contributed by atoms with Gasteiger partial charge in [0, 0.05) is 22.3 Å². The van der Waals surface area contributed by atoms with Gasteiger partial charge in [0.25, 0.3) is 0 Å². The molecule has 5 aliphatic carbocycles. The first-order chi connectivity index (χ1) is 11.8. The fourth-order valence-corrected chi connectivity index (χ4v) is 5.67. The zero-order chi connectivity index (χ0) is 16.3. The second-order valence-electron chi connectivity index (χ2n) is 7.90. The molecule has 0 aromatic carbocycles. The predicted molar refractivity (Wildman–Crippen MR) is 93.5 cm³/mol. The Morgan fingerprint density at radius 1 is 0.333 bits per heavy atom. The van der Waals surface area contributed by atoms with E-state index in [-0.39, 0.29) is 0 Å². The van der Waals surface area contributed by atoms with E-state index < -0.39 is 0 Å². The second kappa shape index (κ2) is 5.40. The largest absolute Gasteiger partial charge is 0.289 e. The van der Waals surface area contributed by atoms with Crippen LogP contribution in [-0.4, -0.2) is 11.6 Å². The highest BCUT2D eigenvalue weighted by Gasteiger charge is 2.37. The standard InChI is InChI=1S/C22H24O2/c23-21-17-9-3-10-18-14-6-1-5-13(17)15-7-2-8-16(14)20(22(18)24)12-4-11-19(15)21/h1-12H2. The molecule has 0 aromatic rings. The molecule has 2 heteroatoms. The Kier molecular flexibility index (Phi) is 3.29. The predicted octanol–water partition coefficient (Wildman–Crippen LogP) is 5.06. The average Bonchev–Trinajstić information content (AvgIpc) is 2.99. The molecule has 0 amide bonds. The smallest absolute Gasteiger partial charge is 0.185 e. The number of hydrogen-bond acceptors (Lipinski definition) is 2. The number of rotatable bonds is 0. The van der Waals surface area contributed by atoms with Gasteiger partial charge in [0.1, 0.15) is 0 Å². The molecule has 0 spiro atoms. The summed E-state index contributed by atoms with van der Waals surface area (Å²) >= 11 is 0. The summed E-state index contributed by atoms with van der Waals surface area (Å²) in [5.74, 6) is 0.729. The highest BCUT2D eigenvalue weighted by molar-refractivity contribution is 6.14. The lowest BCUT2D eigenvalue weighted by Gasteiger charge is -2.20. The molecule has 1 saturated carbocycles. The number of carbonyl (C=O) groups excluding carboxylic acids is 2. The lowest BCUT2D eigenvalue weighted by atomic mass is 9.84. The highest BCUT2D eigenvalue weighted by Crippen LogP contribution is 2.47. The van der Waals surface area contributed by atoms with E-state index in [1.807, 2.05) is 0 Å². The van der Waals surface area contributed by atoms with Crippen LogP contribution in [0.4, 0.5) is 0 Å². The Morgan fingerprint density at radius 3 is 0.792 bits per heavy atom. The maximum absolute atomic E-state index is 13.1. The minimum atomic E-state index is 0.365. The van der Waals surface area contributed by atoms with E-state index in [4.69, 9.17) is 0 Å². The van der Waals surface area contributed by atoms with Crippen LogP contribution in [0.3, 0.4) is 0 Å². The zero-order valence-corrected chi connectivity index (χ0v) is 14.3. The molecular weight excluding hydrogens is 296 g/mol. The topological polar surface area (TPSA) is 34.1 Å². The third kappa shape index (κ3) is 1.95. The van der Waals surface area contributed by atoms with Crippen LogP contribution in [0.1, 0.15) is 77.0 Å². The minimum Gasteiger partial charge on any atom is -0.289 e. The van der Waals surface area contributed by atoms with Gasteiger partial charge in [0.15, 0.2) is 11.6 Å². The summed E-state index contributed by atoms with van der Waals surface area (Å²) < 4.78 is 0. The Labute approximate surface area is 143 Å². The molecule has 0 heterocycles. The first kappa shape index (κ1) is 14.6. The molecular formula is C22H24O2. The molecule has 0 radical (unpaired) electrons. The van der Waals surface area contributed by atoms with E-state index in [2.05, 4.69) is 0 Å². The SMILES string of the molecule is O=C1C2=C3CCCC4=C(CCC2)C(=O)C2=C4CCCC3=C1CCC2. The van der Waals surface area contributed by atoms with Gasteiger partial charge in [-0.2, -0.15) is 0 Å². The Balaban J connectivity index is 1.73. The van der Waals surface area contributed by atoms with Gasteiger partial charge in [0.2, 0.25) is 0 Å². The second-order valence-corrected chi connectivity index (χ2v) is 7.90. The summed E-state index contributed by atoms with van der Waals surface area (Å²) in [5, 5.41) is 0. The number of ketones is 2. The van der Waals surface area contributed by atoms with Gasteiger partial charge < -0.3 is 0 Å². The van der Waals surface area contributed by atoms with Gasteiger partial charge in [-0.1, -0.05) is 0 Å². The van der Waals surface area contributed by atoms with E-state index in [1.54, 1.807) is 0 Å². The maximum Gasteiger partial charge on any atom is 0.185 e. The van der Waals surface area contributed by atoms with E-state index in [0.29, 0.717) is 11.6 Å². The van der Waals surface area contributed by atoms with E-state index >= 15 is 0 Å². The molecule has 0 atom stereocenters. The molecule has 0 N–H and O–H groups in total. The number of allylic oxidation sites excluding steroid dienone is 8. The Bertz CT molecular complexity index is 670. The third-order valence-corrected chi connectivity index (χ3v) is 6.70. The summed E-state index contributed by atoms with van der Waals surface area (Å²) in [5.41, 5.74) is 10.1. The van der Waals surface area contributed by atoms with Crippen LogP contribution in [0, 0.1) is 0 Å². The van der Waals surface area contributed by atoms with E-state index in [1.165, 1.54) is 22.3 Å². The van der Waals surface area contributed by atoms with Gasteiger partial charge >= 0.3 is 0 Å². The summed E-state index contributed by atoms with van der Waals surface area (Å²) in [6.45, 7) is 0. The molecule has 0 aromatic heterocycles. The lowest BCUT2D eigenvalue weighted by molar-refractivity contribution is -0.112. The summed E-state index contributed by atoms with van der Waals surface area (Å²) in [6.07, 6.45) is 11.7. The molecule has 5 aliphatic rings. The number of hydrogen-bond donors (Lipinski definition) is 0. The first-order valence-electron chi connectivity index (χ1n) is 9.74. The molecule has 2 nitrogen and oxygen atoms in total. The normalized spacial score (nSPS) is 27.2. The van der Waals surface area contributed by atoms with E-state index in [0.717, 1.165) is 99.3 Å². The van der Waals surface area contributed by atoms with Crippen LogP contribution in [0.5, 0.6) is 0 Å². The van der Waals surface area contributed by atoms with Gasteiger partial charge in [-0.25, -0.2) is 0 Å². The van der Waals surface area contributed by atoms with Gasteiger partial charge in [-0.3, -0.25) is 9.59 Å². The van der Waals surface area contributed by atoms with Gasteiger partial charge in [0.05, 0.1) is 0 Å². The summed E-state index contributed by atoms with van der Waals surface area (Å²) in [7, 11) is 0. The molecule has 0 unspecified atom stereocenters. The van der Waals surface area contributed by atoms with Crippen LogP contribution in [0.25, 0.3) is 0 Å². The molecule has 5 rings (SSSR count). The Hall–Kier alpha value is -1.70. The van der Waals surface area contributed by atoms with Crippen LogP contribution < -0.4 is 0 Å². The van der Waals surface area contributed by atoms with Crippen molar-refractivity contribution in [3.63, 3.8) is 0 Å². The van der Waals surface area contributed by atoms with Crippen molar-refractivity contribution >= 4 is 11.6 Å². The summed E-state index contributed by atoms with van der Waals surface area (Å²) in [4.78, 5) is 26.1. The molecule has 24 heavy (non-hydrogen) atoms. The third-order valence-electron chi connectivity index (χ3n) is 6.70. The number of fused-ring (bicyclic) bond motifs is 4. The minimum absolute atomic E-state index is 0.365. The Morgan fingerprint density at radius 2 is 0.542 bits per heavy atom. The zero-order valence-electron chi connectivity index (χ0n) is 14.3. The quantitative estimate of drug-likeness (QED) is 0.625. The van der Waals surface area contributed by atoms with Gasteiger partial charge in [-0.15, -0.1) is 0 Å². The van der Waals surface area contributed by atoms with Crippen molar-refractivity contribution in [2.45, 2.75) is 77.0 Å². The number of Topliss-reactive ketones (excluding diaryl/α,β-unsaturated/α-hetero) is 2. The fraction of sp³-hybridized carbons (Fsp3) is 0.545. The molecule has 124 valence electrons. The van der Waals surface area contributed by atoms with E-state index in [9.17, 15) is 9.59 Å². The molecule has 0 aliphatic heterocycles. The van der Waals surface area contributed by atoms with Crippen molar-refractivity contribution in [2.75, 3.05) is 0 Å². The average molecular weight is 320 g/mol. The first-order valence-corrected chi connectivity index (χ1v) is 9.74. The van der Waals surface area contributed by atoms with Gasteiger partial charge in [-0.05, 0) is 99.3 Å². The highest BCUT2D eigenvalue weighted by atomic mass is 16.1. The molecule has 0 saturated heterocycles. The maximum atomic E-state index is 13.1. The monoisotopic (exact) mass is 320 g/mol. The van der Waals surface area contributed by atoms with Crippen LogP contribution >= 0.6 is 0 Å². The van der Waals surface area contributed by atoms with Crippen molar-refractivity contribution in [3.05, 3.63) is 44.6 Å². The van der Waals surface area contributed by atoms with Crippen molar-refractivity contribution in [1.82, 2.24) is 0 Å².